The fourth-order valence-corrected chi connectivity index (χ4v) is 7.54. The number of carbonyl (C=O) groups excluding carboxylic acids is 4. The van der Waals surface area contributed by atoms with Gasteiger partial charge in [0.25, 0.3) is 0 Å². The van der Waals surface area contributed by atoms with E-state index in [1.165, 1.54) is 34.1 Å². The molecule has 3 heterocycles. The average Bonchev–Trinajstić information content (AvgIpc) is 3.39. The zero-order chi connectivity index (χ0) is 47.0. The van der Waals surface area contributed by atoms with Gasteiger partial charge in [0.15, 0.2) is 17.5 Å². The van der Waals surface area contributed by atoms with Crippen molar-refractivity contribution in [2.45, 2.75) is 103 Å². The number of rotatable bonds is 9. The summed E-state index contributed by atoms with van der Waals surface area (Å²) in [5.41, 5.74) is -1.20. The summed E-state index contributed by atoms with van der Waals surface area (Å²) in [7, 11) is -0.693. The topological polar surface area (TPSA) is 130 Å². The lowest BCUT2D eigenvalue weighted by Gasteiger charge is -2.49. The maximum Gasteiger partial charge on any atom is 0.495 e. The summed E-state index contributed by atoms with van der Waals surface area (Å²) in [6, 6.07) is 22.2. The number of hydrogen-bond acceptors (Lipinski definition) is 10. The van der Waals surface area contributed by atoms with Gasteiger partial charge in [0, 0.05) is 15.6 Å². The molecule has 16 heteroatoms. The lowest BCUT2D eigenvalue weighted by Crippen LogP contribution is -2.64. The van der Waals surface area contributed by atoms with Crippen LogP contribution in [0.5, 0.6) is 11.5 Å². The second kappa shape index (κ2) is 17.9. The highest BCUT2D eigenvalue weighted by Crippen LogP contribution is 2.41. The molecule has 0 spiro atoms. The highest BCUT2D eigenvalue weighted by Gasteiger charge is 2.54. The second-order valence-electron chi connectivity index (χ2n) is 19.2. The molecule has 3 saturated heterocycles. The average molecular weight is 948 g/mol. The van der Waals surface area contributed by atoms with E-state index in [0.717, 1.165) is 18.1 Å². The van der Waals surface area contributed by atoms with E-state index in [1.54, 1.807) is 102 Å². The third-order valence-corrected chi connectivity index (χ3v) is 12.0. The molecule has 7 rings (SSSR count). The summed E-state index contributed by atoms with van der Waals surface area (Å²) < 4.78 is 63.4. The lowest BCUT2D eigenvalue weighted by molar-refractivity contribution is -0.0863. The third kappa shape index (κ3) is 10.8. The number of aldehydes is 2. The number of carbonyl (C=O) groups is 4. The molecule has 4 aromatic carbocycles. The molecule has 340 valence electrons. The lowest BCUT2D eigenvalue weighted by atomic mass is 9.76. The van der Waals surface area contributed by atoms with Gasteiger partial charge < -0.3 is 28.3 Å². The van der Waals surface area contributed by atoms with Crippen molar-refractivity contribution in [2.24, 2.45) is 0 Å². The van der Waals surface area contributed by atoms with Gasteiger partial charge in [0.05, 0.1) is 37.4 Å². The number of likely N-dealkylation sites (tertiary alicyclic amines) is 2. The van der Waals surface area contributed by atoms with Crippen LogP contribution in [0.1, 0.15) is 101 Å². The predicted molar refractivity (Wildman–Crippen MR) is 240 cm³/mol. The van der Waals surface area contributed by atoms with Crippen molar-refractivity contribution in [2.75, 3.05) is 26.2 Å². The number of hydrogen-bond donors (Lipinski definition) is 0. The van der Waals surface area contributed by atoms with Crippen LogP contribution in [0.4, 0.5) is 18.4 Å². The van der Waals surface area contributed by atoms with Crippen molar-refractivity contribution in [3.8, 4) is 11.5 Å². The van der Waals surface area contributed by atoms with Gasteiger partial charge in [-0.2, -0.15) is 0 Å². The SMILES string of the molecule is CC(C)(C)OC(=O)N1CC(Oc2ccc(B3OC(C)(C)C(C)(C)O3)c(C=O)c2)(c2ccc(F)cc2)C1.CC(C)(C)OC(=O)N1CC(Oc2ccc(Br)c(C=O)c2)(c2ccc(F)cc2)C1. The van der Waals surface area contributed by atoms with Gasteiger partial charge >= 0.3 is 19.3 Å². The zero-order valence-corrected chi connectivity index (χ0v) is 39.3. The van der Waals surface area contributed by atoms with Crippen LogP contribution >= 0.6 is 15.9 Å². The van der Waals surface area contributed by atoms with Crippen LogP contribution in [0.3, 0.4) is 0 Å². The van der Waals surface area contributed by atoms with Crippen LogP contribution in [-0.4, -0.2) is 90.3 Å². The van der Waals surface area contributed by atoms with Gasteiger partial charge in [-0.1, -0.05) is 46.3 Å². The van der Waals surface area contributed by atoms with E-state index >= 15 is 0 Å². The first-order chi connectivity index (χ1) is 29.8. The number of amides is 2. The highest BCUT2D eigenvalue weighted by atomic mass is 79.9. The number of benzene rings is 4. The molecule has 3 fully saturated rings. The molecular weight excluding hydrogens is 893 g/mol. The maximum atomic E-state index is 13.6. The van der Waals surface area contributed by atoms with Crippen LogP contribution in [0, 0.1) is 11.6 Å². The molecule has 0 unspecified atom stereocenters. The van der Waals surface area contributed by atoms with Crippen molar-refractivity contribution in [1.82, 2.24) is 9.80 Å². The summed E-state index contributed by atoms with van der Waals surface area (Å²) in [6.45, 7) is 19.5. The molecule has 0 aromatic heterocycles. The Bertz CT molecular complexity index is 2350. The van der Waals surface area contributed by atoms with E-state index in [1.807, 2.05) is 27.7 Å². The molecule has 3 aliphatic heterocycles. The van der Waals surface area contributed by atoms with Crippen molar-refractivity contribution in [3.05, 3.63) is 123 Å². The van der Waals surface area contributed by atoms with Gasteiger partial charge in [-0.25, -0.2) is 18.4 Å². The summed E-state index contributed by atoms with van der Waals surface area (Å²) in [5, 5.41) is 0. The van der Waals surface area contributed by atoms with Crippen molar-refractivity contribution >= 4 is 53.3 Å². The quantitative estimate of drug-likeness (QED) is 0.118. The maximum absolute atomic E-state index is 13.6. The zero-order valence-electron chi connectivity index (χ0n) is 37.8. The molecule has 64 heavy (non-hydrogen) atoms. The van der Waals surface area contributed by atoms with E-state index < -0.39 is 52.9 Å². The molecule has 0 saturated carbocycles. The Balaban J connectivity index is 0.000000219. The first-order valence-corrected chi connectivity index (χ1v) is 21.6. The Hall–Kier alpha value is -5.32. The Kier molecular flexibility index (Phi) is 13.5. The van der Waals surface area contributed by atoms with Gasteiger partial charge in [-0.15, -0.1) is 0 Å². The van der Waals surface area contributed by atoms with E-state index in [2.05, 4.69) is 15.9 Å². The number of nitrogens with zero attached hydrogens (tertiary/aromatic N) is 2. The summed E-state index contributed by atoms with van der Waals surface area (Å²) in [6.07, 6.45) is 0.590. The minimum absolute atomic E-state index is 0.211. The number of ether oxygens (including phenoxy) is 4. The Morgan fingerprint density at radius 1 is 0.625 bits per heavy atom. The molecule has 0 N–H and O–H groups in total. The standard InChI is InChI=1S/C27H33BFNO6.C21H21BrFNO4/c1-24(2,3)34-23(32)30-16-27(17-30,19-8-10-20(29)11-9-19)33-21-12-13-22(18(14-21)15-31)28-35-25(4,5)26(6,7)36-28;1-20(2,3)28-19(26)24-12-21(13-24,15-4-6-16(23)7-5-15)27-17-8-9-18(22)14(10-17)11-25/h8-15H,16-17H2,1-7H3;4-11H,12-13H2,1-3H3. The second-order valence-corrected chi connectivity index (χ2v) is 20.0. The highest BCUT2D eigenvalue weighted by molar-refractivity contribution is 9.10. The molecule has 12 nitrogen and oxygen atoms in total. The van der Waals surface area contributed by atoms with Gasteiger partial charge in [-0.3, -0.25) is 19.4 Å². The smallest absolute Gasteiger partial charge is 0.479 e. The van der Waals surface area contributed by atoms with Gasteiger partial charge in [0.1, 0.15) is 40.6 Å². The van der Waals surface area contributed by atoms with Gasteiger partial charge in [0.2, 0.25) is 0 Å². The van der Waals surface area contributed by atoms with Crippen LogP contribution in [0.25, 0.3) is 0 Å². The predicted octanol–water partition coefficient (Wildman–Crippen LogP) is 9.39. The Labute approximate surface area is 381 Å². The van der Waals surface area contributed by atoms with E-state index in [4.69, 9.17) is 28.3 Å². The minimum atomic E-state index is -0.920. The largest absolute Gasteiger partial charge is 0.495 e. The molecule has 0 bridgehead atoms. The van der Waals surface area contributed by atoms with Crippen LogP contribution < -0.4 is 14.9 Å². The Morgan fingerprint density at radius 2 is 1.00 bits per heavy atom. The van der Waals surface area contributed by atoms with Crippen molar-refractivity contribution < 1.29 is 56.2 Å². The van der Waals surface area contributed by atoms with E-state index in [-0.39, 0.29) is 37.8 Å². The van der Waals surface area contributed by atoms with Crippen molar-refractivity contribution in [3.63, 3.8) is 0 Å². The molecular formula is C48H54BBrF2N2O10. The fourth-order valence-electron chi connectivity index (χ4n) is 7.20. The molecule has 4 aromatic rings. The molecule has 3 aliphatic rings. The fraction of sp³-hybridized carbons (Fsp3) is 0.417. The Morgan fingerprint density at radius 3 is 1.38 bits per heavy atom. The van der Waals surface area contributed by atoms with Gasteiger partial charge in [-0.05, 0) is 140 Å². The van der Waals surface area contributed by atoms with Crippen molar-refractivity contribution in [1.29, 1.82) is 0 Å². The molecule has 0 radical (unpaired) electrons. The first-order valence-electron chi connectivity index (χ1n) is 20.8. The molecule has 2 amide bonds. The van der Waals surface area contributed by atoms with Crippen LogP contribution in [-0.2, 0) is 30.0 Å². The summed E-state index contributed by atoms with van der Waals surface area (Å²) >= 11 is 3.31. The van der Waals surface area contributed by atoms with E-state index in [9.17, 15) is 28.0 Å². The molecule has 0 aliphatic carbocycles. The monoisotopic (exact) mass is 946 g/mol. The minimum Gasteiger partial charge on any atom is -0.479 e. The first kappa shape index (κ1) is 48.1. The molecule has 0 atom stereocenters. The number of halogens is 3. The normalized spacial score (nSPS) is 18.0. The van der Waals surface area contributed by atoms with Crippen LogP contribution in [0.2, 0.25) is 0 Å². The van der Waals surface area contributed by atoms with Crippen LogP contribution in [0.15, 0.2) is 89.4 Å². The summed E-state index contributed by atoms with van der Waals surface area (Å²) in [4.78, 5) is 51.2. The van der Waals surface area contributed by atoms with E-state index in [0.29, 0.717) is 38.1 Å². The third-order valence-electron chi connectivity index (χ3n) is 11.2. The summed E-state index contributed by atoms with van der Waals surface area (Å²) in [5.74, 6) is 0.199.